The standard InChI is InChI=1S/C40H66N2O34/c1-8(48)41-15-21(56)32(39(66,37(62)63)75-28(15)17(52)10(50)3-43)71-30-19(54)12(5-45)68-35(25(30)60)73-27-14(7-47)70-34(24(59)23(27)58)74-36-26(61)31(20(55)13(6-46)69-36)72-33-22(57)16(42-9(2)49)29(18(53)11(51)4-44)76-40(33,67)38(64)65/h10-36,43-47,50-61,66-67H,3-7H2,1-2H3,(H,41,48)(H,42,49)(H,62,63)(H,64,65)/t10-,11-,12-,13-,14-,15-,16-,17-,18-,19+,20+,21-,22-,23-,24-,25-,26-,27-,28-,29-,30+,31+,32-,33-,34-,35+,36+,39+,40+/m1/s1. The summed E-state index contributed by atoms with van der Waals surface area (Å²) in [4.78, 5) is 49.4. The molecule has 2 amide bonds. The summed E-state index contributed by atoms with van der Waals surface area (Å²) < 4.78 is 49.1. The first-order chi connectivity index (χ1) is 35.5. The molecule has 0 aromatic carbocycles. The van der Waals surface area contributed by atoms with Crippen molar-refractivity contribution in [3.05, 3.63) is 0 Å². The highest BCUT2D eigenvalue weighted by Crippen LogP contribution is 2.40. The van der Waals surface area contributed by atoms with Gasteiger partial charge in [0.25, 0.3) is 11.6 Å². The number of rotatable bonds is 21. The van der Waals surface area contributed by atoms with E-state index in [4.69, 9.17) is 42.6 Å². The van der Waals surface area contributed by atoms with Crippen LogP contribution >= 0.6 is 0 Å². The molecule has 0 aliphatic carbocycles. The maximum absolute atomic E-state index is 12.5. The van der Waals surface area contributed by atoms with E-state index in [1.807, 2.05) is 0 Å². The molecule has 5 saturated heterocycles. The van der Waals surface area contributed by atoms with E-state index in [0.29, 0.717) is 0 Å². The van der Waals surface area contributed by atoms with Gasteiger partial charge in [-0.25, -0.2) is 9.59 Å². The van der Waals surface area contributed by atoms with Gasteiger partial charge in [-0.3, -0.25) is 9.59 Å². The van der Waals surface area contributed by atoms with E-state index in [9.17, 15) is 126 Å². The lowest BCUT2D eigenvalue weighted by atomic mass is 9.86. The number of ether oxygens (including phenoxy) is 9. The molecule has 0 aromatic rings. The molecule has 5 heterocycles. The number of aliphatic hydroxyl groups excluding tert-OH is 17. The summed E-state index contributed by atoms with van der Waals surface area (Å²) in [5.74, 6) is -14.3. The molecule has 5 aliphatic rings. The predicted octanol–water partition coefficient (Wildman–Crippen LogP) is -15.3. The maximum Gasteiger partial charge on any atom is 0.367 e. The van der Waals surface area contributed by atoms with Crippen molar-refractivity contribution in [2.24, 2.45) is 0 Å². The number of carboxylic acids is 2. The lowest BCUT2D eigenvalue weighted by Gasteiger charge is -2.52. The van der Waals surface area contributed by atoms with Crippen LogP contribution in [0.2, 0.25) is 0 Å². The molecule has 0 unspecified atom stereocenters. The number of hydrogen-bond donors (Lipinski definition) is 23. The van der Waals surface area contributed by atoms with Crippen LogP contribution < -0.4 is 10.6 Å². The maximum atomic E-state index is 12.5. The quantitative estimate of drug-likeness (QED) is 0.0507. The number of nitrogens with one attached hydrogen (secondary N) is 2. The normalized spacial score (nSPS) is 45.7. The lowest BCUT2D eigenvalue weighted by molar-refractivity contribution is -0.405. The summed E-state index contributed by atoms with van der Waals surface area (Å²) in [6.45, 7) is -4.16. The molecule has 5 fully saturated rings. The molecule has 76 heavy (non-hydrogen) atoms. The first kappa shape index (κ1) is 63.6. The fourth-order valence-corrected chi connectivity index (χ4v) is 9.25. The van der Waals surface area contributed by atoms with Crippen LogP contribution in [0, 0.1) is 0 Å². The van der Waals surface area contributed by atoms with Crippen molar-refractivity contribution < 1.29 is 169 Å². The van der Waals surface area contributed by atoms with E-state index < -0.39 is 234 Å². The first-order valence-electron chi connectivity index (χ1n) is 23.1. The molecule has 0 radical (unpaired) electrons. The zero-order chi connectivity index (χ0) is 57.2. The van der Waals surface area contributed by atoms with Crippen molar-refractivity contribution in [1.82, 2.24) is 10.6 Å². The molecule has 23 N–H and O–H groups in total. The SMILES string of the molecule is CC(=O)N[C@@H]1[C@@H](O)[C@@H](O[C@H]2[C@@H](O)[C@@H](CO)O[C@@H](O[C@H]3O[C@H](CO)[C@@H](O[C@@H]4O[C@H](CO)[C@H](O)[C@H](O[C@@H]5[C@H](O)[C@@H](NC(C)=O)[C@H]([C@H](O)[C@H](O)CO)O[C@]5(O)C(=O)O)[C@H]4O)[C@H](O)[C@H]3O)[C@@H]2O)[C@@](O)(C(=O)O)O[C@H]1[C@H](O)[C@H](O)CO. The molecule has 0 spiro atoms. The van der Waals surface area contributed by atoms with E-state index in [1.54, 1.807) is 0 Å². The zero-order valence-electron chi connectivity index (χ0n) is 39.8. The van der Waals surface area contributed by atoms with E-state index in [2.05, 4.69) is 10.6 Å². The van der Waals surface area contributed by atoms with Crippen LogP contribution in [0.15, 0.2) is 0 Å². The van der Waals surface area contributed by atoms with Crippen LogP contribution in [0.1, 0.15) is 13.8 Å². The van der Waals surface area contributed by atoms with Gasteiger partial charge < -0.3 is 161 Å². The molecule has 29 atom stereocenters. The number of aliphatic hydroxyl groups is 19. The first-order valence-corrected chi connectivity index (χ1v) is 23.1. The second-order valence-electron chi connectivity index (χ2n) is 18.5. The Kier molecular flexibility index (Phi) is 21.7. The molecule has 440 valence electrons. The van der Waals surface area contributed by atoms with Crippen molar-refractivity contribution in [2.75, 3.05) is 33.0 Å². The monoisotopic (exact) mass is 1120 g/mol. The summed E-state index contributed by atoms with van der Waals surface area (Å²) in [6.07, 6.45) is -57.5. The van der Waals surface area contributed by atoms with Crippen molar-refractivity contribution in [3.63, 3.8) is 0 Å². The predicted molar refractivity (Wildman–Crippen MR) is 227 cm³/mol. The molecule has 5 aliphatic heterocycles. The molecule has 0 bridgehead atoms. The Balaban J connectivity index is 1.38. The van der Waals surface area contributed by atoms with E-state index in [0.717, 1.165) is 13.8 Å². The van der Waals surface area contributed by atoms with Crippen molar-refractivity contribution in [1.29, 1.82) is 0 Å². The number of carbonyl (C=O) groups excluding carboxylic acids is 2. The molecule has 0 aromatic heterocycles. The van der Waals surface area contributed by atoms with Gasteiger partial charge in [0.1, 0.15) is 122 Å². The van der Waals surface area contributed by atoms with Gasteiger partial charge in [0.05, 0.1) is 45.1 Å². The van der Waals surface area contributed by atoms with Gasteiger partial charge in [0, 0.05) is 13.8 Å². The summed E-state index contributed by atoms with van der Waals surface area (Å²) in [6, 6.07) is -3.99. The second kappa shape index (κ2) is 25.9. The number of amides is 2. The molecule has 5 rings (SSSR count). The van der Waals surface area contributed by atoms with Gasteiger partial charge in [-0.15, -0.1) is 0 Å². The summed E-state index contributed by atoms with van der Waals surface area (Å²) in [5.41, 5.74) is 0. The Morgan fingerprint density at radius 1 is 0.474 bits per heavy atom. The molecule has 36 heteroatoms. The van der Waals surface area contributed by atoms with Gasteiger partial charge in [-0.2, -0.15) is 0 Å². The third kappa shape index (κ3) is 12.7. The minimum atomic E-state index is -3.80. The van der Waals surface area contributed by atoms with E-state index in [-0.39, 0.29) is 0 Å². The third-order valence-corrected chi connectivity index (χ3v) is 13.3. The highest BCUT2D eigenvalue weighted by Gasteiger charge is 2.66. The zero-order valence-corrected chi connectivity index (χ0v) is 39.8. The largest absolute Gasteiger partial charge is 0.477 e. The Morgan fingerprint density at radius 2 is 0.816 bits per heavy atom. The van der Waals surface area contributed by atoms with Crippen LogP contribution in [-0.2, 0) is 61.8 Å². The summed E-state index contributed by atoms with van der Waals surface area (Å²) in [7, 11) is 0. The van der Waals surface area contributed by atoms with Crippen LogP contribution in [0.4, 0.5) is 0 Å². The van der Waals surface area contributed by atoms with Crippen molar-refractivity contribution >= 4 is 23.8 Å². The highest BCUT2D eigenvalue weighted by atomic mass is 16.8. The van der Waals surface area contributed by atoms with Crippen LogP contribution in [0.25, 0.3) is 0 Å². The van der Waals surface area contributed by atoms with Gasteiger partial charge in [-0.05, 0) is 0 Å². The van der Waals surface area contributed by atoms with Gasteiger partial charge in [-0.1, -0.05) is 0 Å². The number of carbonyl (C=O) groups is 4. The lowest BCUT2D eigenvalue weighted by Crippen LogP contribution is -2.75. The van der Waals surface area contributed by atoms with Crippen molar-refractivity contribution in [2.45, 2.75) is 191 Å². The summed E-state index contributed by atoms with van der Waals surface area (Å²) in [5, 5.41) is 229. The summed E-state index contributed by atoms with van der Waals surface area (Å²) >= 11 is 0. The highest BCUT2D eigenvalue weighted by molar-refractivity contribution is 5.78. The van der Waals surface area contributed by atoms with Crippen LogP contribution in [0.3, 0.4) is 0 Å². The average molecular weight is 1120 g/mol. The smallest absolute Gasteiger partial charge is 0.367 e. The minimum absolute atomic E-state index is 0.885. The fourth-order valence-electron chi connectivity index (χ4n) is 9.25. The number of carboxylic acid groups (broad SMARTS) is 2. The minimum Gasteiger partial charge on any atom is -0.477 e. The van der Waals surface area contributed by atoms with E-state index in [1.165, 1.54) is 0 Å². The molecule has 0 saturated carbocycles. The number of aliphatic carboxylic acids is 2. The third-order valence-electron chi connectivity index (χ3n) is 13.3. The van der Waals surface area contributed by atoms with Crippen molar-refractivity contribution in [3.8, 4) is 0 Å². The van der Waals surface area contributed by atoms with Crippen LogP contribution in [0.5, 0.6) is 0 Å². The Morgan fingerprint density at radius 3 is 1.14 bits per heavy atom. The van der Waals surface area contributed by atoms with E-state index >= 15 is 0 Å². The van der Waals surface area contributed by atoms with Gasteiger partial charge in [0.2, 0.25) is 11.8 Å². The second-order valence-corrected chi connectivity index (χ2v) is 18.5. The number of hydrogen-bond acceptors (Lipinski definition) is 32. The Hall–Kier alpha value is -3.24. The molecular weight excluding hydrogens is 1050 g/mol. The van der Waals surface area contributed by atoms with Gasteiger partial charge in [0.15, 0.2) is 31.1 Å². The Labute approximate surface area is 426 Å². The van der Waals surface area contributed by atoms with Gasteiger partial charge >= 0.3 is 11.9 Å². The average Bonchev–Trinajstić information content (AvgIpc) is 3.37. The fraction of sp³-hybridized carbons (Fsp3) is 0.900. The van der Waals surface area contributed by atoms with Crippen LogP contribution in [-0.4, -0.2) is 341 Å². The topological polar surface area (TPSA) is 600 Å². The Bertz CT molecular complexity index is 1950. The molecule has 36 nitrogen and oxygen atoms in total. The molecular formula is C40H66N2O34.